The molecular weight excluding hydrogens is 242 g/mol. The van der Waals surface area contributed by atoms with Gasteiger partial charge in [0.05, 0.1) is 18.2 Å². The van der Waals surface area contributed by atoms with Crippen LogP contribution >= 0.6 is 0 Å². The number of benzene rings is 1. The molecule has 96 valence electrons. The minimum Gasteiger partial charge on any atom is -0.506 e. The second-order valence-electron chi connectivity index (χ2n) is 4.35. The van der Waals surface area contributed by atoms with Crippen molar-refractivity contribution >= 4 is 0 Å². The lowest BCUT2D eigenvalue weighted by atomic mass is 10.1. The van der Waals surface area contributed by atoms with Gasteiger partial charge in [-0.3, -0.25) is 4.79 Å². The van der Waals surface area contributed by atoms with E-state index in [1.54, 1.807) is 6.07 Å². The third kappa shape index (κ3) is 2.47. The quantitative estimate of drug-likeness (QED) is 0.884. The molecule has 2 aromatic rings. The van der Waals surface area contributed by atoms with E-state index in [1.807, 2.05) is 32.0 Å². The van der Waals surface area contributed by atoms with Crippen LogP contribution in [0.3, 0.4) is 0 Å². The molecule has 0 atom stereocenters. The van der Waals surface area contributed by atoms with E-state index >= 15 is 0 Å². The Balaban J connectivity index is 2.65. The van der Waals surface area contributed by atoms with Crippen molar-refractivity contribution in [3.05, 3.63) is 51.4 Å². The zero-order valence-corrected chi connectivity index (χ0v) is 10.7. The number of nitriles is 1. The van der Waals surface area contributed by atoms with E-state index in [2.05, 4.69) is 5.10 Å². The van der Waals surface area contributed by atoms with Crippen LogP contribution in [0.2, 0.25) is 0 Å². The summed E-state index contributed by atoms with van der Waals surface area (Å²) in [7, 11) is 0. The maximum atomic E-state index is 11.9. The highest BCUT2D eigenvalue weighted by atomic mass is 16.3. The van der Waals surface area contributed by atoms with Crippen molar-refractivity contribution < 1.29 is 5.11 Å². The number of rotatable bonds is 2. The van der Waals surface area contributed by atoms with Gasteiger partial charge in [-0.25, -0.2) is 0 Å². The van der Waals surface area contributed by atoms with Crippen molar-refractivity contribution in [2.24, 2.45) is 0 Å². The van der Waals surface area contributed by atoms with Gasteiger partial charge in [0.1, 0.15) is 11.4 Å². The number of hydrogen-bond acceptors (Lipinski definition) is 4. The summed E-state index contributed by atoms with van der Waals surface area (Å²) in [6.07, 6.45) is -0.0446. The molecule has 1 aromatic carbocycles. The smallest absolute Gasteiger partial charge is 0.275 e. The van der Waals surface area contributed by atoms with Crippen LogP contribution in [0.4, 0.5) is 0 Å². The molecule has 0 radical (unpaired) electrons. The van der Waals surface area contributed by atoms with E-state index in [-0.39, 0.29) is 17.9 Å². The Morgan fingerprint density at radius 3 is 2.74 bits per heavy atom. The van der Waals surface area contributed by atoms with Crippen LogP contribution < -0.4 is 5.56 Å². The van der Waals surface area contributed by atoms with Gasteiger partial charge < -0.3 is 5.11 Å². The molecule has 0 fully saturated rings. The van der Waals surface area contributed by atoms with Gasteiger partial charge in [0.2, 0.25) is 0 Å². The first-order chi connectivity index (χ1) is 9.02. The van der Waals surface area contributed by atoms with Crippen molar-refractivity contribution in [2.45, 2.75) is 20.3 Å². The van der Waals surface area contributed by atoms with Crippen molar-refractivity contribution in [3.63, 3.8) is 0 Å². The molecule has 5 heteroatoms. The third-order valence-corrected chi connectivity index (χ3v) is 2.81. The number of aryl methyl sites for hydroxylation is 2. The molecule has 0 aliphatic carbocycles. The molecular formula is C14H13N3O2. The predicted octanol–water partition coefficient (Wildman–Crippen LogP) is 1.62. The molecule has 0 aliphatic heterocycles. The fourth-order valence-electron chi connectivity index (χ4n) is 1.90. The summed E-state index contributed by atoms with van der Waals surface area (Å²) in [5, 5.41) is 22.3. The molecule has 2 rings (SSSR count). The lowest BCUT2D eigenvalue weighted by Gasteiger charge is -2.10. The van der Waals surface area contributed by atoms with Crippen molar-refractivity contribution in [3.8, 4) is 17.5 Å². The summed E-state index contributed by atoms with van der Waals surface area (Å²) in [5.74, 6) is -0.243. The van der Waals surface area contributed by atoms with Gasteiger partial charge in [-0.1, -0.05) is 17.7 Å². The van der Waals surface area contributed by atoms with Gasteiger partial charge in [-0.2, -0.15) is 15.0 Å². The van der Waals surface area contributed by atoms with Crippen LogP contribution in [0, 0.1) is 25.2 Å². The van der Waals surface area contributed by atoms with Gasteiger partial charge in [-0.15, -0.1) is 0 Å². The number of aromatic hydroxyl groups is 1. The van der Waals surface area contributed by atoms with E-state index < -0.39 is 5.56 Å². The van der Waals surface area contributed by atoms with E-state index in [0.717, 1.165) is 17.2 Å². The molecule has 0 aliphatic rings. The first-order valence-electron chi connectivity index (χ1n) is 5.79. The second-order valence-corrected chi connectivity index (χ2v) is 4.35. The molecule has 5 nitrogen and oxygen atoms in total. The number of nitrogens with zero attached hydrogens (tertiary/aromatic N) is 3. The normalized spacial score (nSPS) is 10.2. The van der Waals surface area contributed by atoms with Gasteiger partial charge in [0, 0.05) is 6.07 Å². The molecule has 0 saturated heterocycles. The zero-order chi connectivity index (χ0) is 14.0. The molecule has 1 heterocycles. The average molecular weight is 255 g/mol. The minimum atomic E-state index is -0.425. The summed E-state index contributed by atoms with van der Waals surface area (Å²) < 4.78 is 1.21. The van der Waals surface area contributed by atoms with E-state index in [9.17, 15) is 9.90 Å². The van der Waals surface area contributed by atoms with Crippen molar-refractivity contribution in [1.29, 1.82) is 5.26 Å². The summed E-state index contributed by atoms with van der Waals surface area (Å²) in [6, 6.07) is 8.62. The summed E-state index contributed by atoms with van der Waals surface area (Å²) >= 11 is 0. The van der Waals surface area contributed by atoms with Crippen LogP contribution in [-0.4, -0.2) is 14.9 Å². The average Bonchev–Trinajstić information content (AvgIpc) is 2.34. The van der Waals surface area contributed by atoms with Gasteiger partial charge in [0.25, 0.3) is 5.56 Å². The van der Waals surface area contributed by atoms with Crippen LogP contribution in [0.25, 0.3) is 5.69 Å². The first kappa shape index (κ1) is 12.8. The van der Waals surface area contributed by atoms with Crippen molar-refractivity contribution in [1.82, 2.24) is 9.78 Å². The highest BCUT2D eigenvalue weighted by molar-refractivity contribution is 5.42. The summed E-state index contributed by atoms with van der Waals surface area (Å²) in [4.78, 5) is 11.9. The van der Waals surface area contributed by atoms with E-state index in [4.69, 9.17) is 5.26 Å². The largest absolute Gasteiger partial charge is 0.506 e. The standard InChI is InChI=1S/C14H13N3O2/c1-9-3-4-12(10(2)7-9)17-14(19)8-13(18)11(16-17)5-6-15/h3-4,7-8,18H,5H2,1-2H3. The monoisotopic (exact) mass is 255 g/mol. The minimum absolute atomic E-state index is 0.0446. The van der Waals surface area contributed by atoms with E-state index in [1.165, 1.54) is 4.68 Å². The fraction of sp³-hybridized carbons (Fsp3) is 0.214. The van der Waals surface area contributed by atoms with Gasteiger partial charge >= 0.3 is 0 Å². The van der Waals surface area contributed by atoms with Crippen LogP contribution in [0.15, 0.2) is 29.1 Å². The lowest BCUT2D eigenvalue weighted by molar-refractivity contribution is 0.459. The van der Waals surface area contributed by atoms with Gasteiger partial charge in [0.15, 0.2) is 0 Å². The number of aromatic nitrogens is 2. The van der Waals surface area contributed by atoms with Crippen molar-refractivity contribution in [2.75, 3.05) is 0 Å². The maximum absolute atomic E-state index is 11.9. The predicted molar refractivity (Wildman–Crippen MR) is 70.3 cm³/mol. The Labute approximate surface area is 110 Å². The summed E-state index contributed by atoms with van der Waals surface area (Å²) in [6.45, 7) is 3.85. The Morgan fingerprint density at radius 2 is 2.11 bits per heavy atom. The summed E-state index contributed by atoms with van der Waals surface area (Å²) in [5.41, 5.74) is 2.41. The Kier molecular flexibility index (Phi) is 3.34. The molecule has 1 aromatic heterocycles. The highest BCUT2D eigenvalue weighted by Crippen LogP contribution is 2.16. The lowest BCUT2D eigenvalue weighted by Crippen LogP contribution is -2.22. The topological polar surface area (TPSA) is 78.9 Å². The second kappa shape index (κ2) is 4.94. The maximum Gasteiger partial charge on any atom is 0.275 e. The van der Waals surface area contributed by atoms with Crippen LogP contribution in [0.5, 0.6) is 5.75 Å². The molecule has 0 saturated carbocycles. The molecule has 19 heavy (non-hydrogen) atoms. The Hall–Kier alpha value is -2.61. The zero-order valence-electron chi connectivity index (χ0n) is 10.7. The molecule has 0 unspecified atom stereocenters. The van der Waals surface area contributed by atoms with E-state index in [0.29, 0.717) is 5.69 Å². The Bertz CT molecular complexity index is 726. The molecule has 0 bridgehead atoms. The fourth-order valence-corrected chi connectivity index (χ4v) is 1.90. The molecule has 1 N–H and O–H groups in total. The first-order valence-corrected chi connectivity index (χ1v) is 5.79. The van der Waals surface area contributed by atoms with Crippen LogP contribution in [-0.2, 0) is 6.42 Å². The molecule has 0 amide bonds. The Morgan fingerprint density at radius 1 is 1.37 bits per heavy atom. The molecule has 0 spiro atoms. The SMILES string of the molecule is Cc1ccc(-n2nc(CC#N)c(O)cc2=O)c(C)c1. The highest BCUT2D eigenvalue weighted by Gasteiger charge is 2.10. The third-order valence-electron chi connectivity index (χ3n) is 2.81. The van der Waals surface area contributed by atoms with Gasteiger partial charge in [-0.05, 0) is 25.5 Å². The van der Waals surface area contributed by atoms with Crippen LogP contribution in [0.1, 0.15) is 16.8 Å². The number of hydrogen-bond donors (Lipinski definition) is 1.